The first-order valence-electron chi connectivity index (χ1n) is 7.27. The summed E-state index contributed by atoms with van der Waals surface area (Å²) in [7, 11) is 0. The van der Waals surface area contributed by atoms with E-state index in [1.54, 1.807) is 6.08 Å². The molecule has 1 saturated carbocycles. The fraction of sp³-hybridized carbons (Fsp3) is 0.529. The molecule has 1 aliphatic carbocycles. The summed E-state index contributed by atoms with van der Waals surface area (Å²) in [5, 5.41) is 10.3. The minimum atomic E-state index is -0.822. The van der Waals surface area contributed by atoms with E-state index in [1.807, 2.05) is 24.3 Å². The van der Waals surface area contributed by atoms with Crippen molar-refractivity contribution in [2.24, 2.45) is 0 Å². The Morgan fingerprint density at radius 2 is 1.89 bits per heavy atom. The van der Waals surface area contributed by atoms with Gasteiger partial charge in [0.2, 0.25) is 0 Å². The molecule has 1 atom stereocenters. The minimum absolute atomic E-state index is 0.130. The standard InChI is InChI=1S/C17H24O2/c1-3-14-8-10-15(11-9-14)16(18)19-17(4-2)12-6-5-7-13-17/h3,8-11,16,18H,1,4-7,12-13H2,2H3. The van der Waals surface area contributed by atoms with Gasteiger partial charge in [-0.3, -0.25) is 0 Å². The Kier molecular flexibility index (Phi) is 4.78. The van der Waals surface area contributed by atoms with E-state index < -0.39 is 6.29 Å². The highest BCUT2D eigenvalue weighted by Crippen LogP contribution is 2.37. The molecule has 2 heteroatoms. The molecule has 0 aromatic heterocycles. The number of rotatable bonds is 5. The van der Waals surface area contributed by atoms with Gasteiger partial charge >= 0.3 is 0 Å². The van der Waals surface area contributed by atoms with Crippen molar-refractivity contribution in [2.75, 3.05) is 0 Å². The number of aliphatic hydroxyl groups is 1. The number of aliphatic hydroxyl groups excluding tert-OH is 1. The molecule has 1 unspecified atom stereocenters. The molecular weight excluding hydrogens is 236 g/mol. The average molecular weight is 260 g/mol. The van der Waals surface area contributed by atoms with E-state index in [1.165, 1.54) is 19.3 Å². The van der Waals surface area contributed by atoms with E-state index in [-0.39, 0.29) is 5.60 Å². The van der Waals surface area contributed by atoms with Crippen molar-refractivity contribution >= 4 is 6.08 Å². The molecular formula is C17H24O2. The maximum atomic E-state index is 10.3. The summed E-state index contributed by atoms with van der Waals surface area (Å²) in [4.78, 5) is 0. The van der Waals surface area contributed by atoms with Gasteiger partial charge in [0.1, 0.15) is 0 Å². The lowest BCUT2D eigenvalue weighted by Crippen LogP contribution is -2.35. The molecule has 104 valence electrons. The van der Waals surface area contributed by atoms with Crippen molar-refractivity contribution in [3.8, 4) is 0 Å². The predicted molar refractivity (Wildman–Crippen MR) is 78.7 cm³/mol. The highest BCUT2D eigenvalue weighted by atomic mass is 16.6. The molecule has 19 heavy (non-hydrogen) atoms. The SMILES string of the molecule is C=Cc1ccc(C(O)OC2(CC)CCCCC2)cc1. The summed E-state index contributed by atoms with van der Waals surface area (Å²) < 4.78 is 6.02. The quantitative estimate of drug-likeness (QED) is 0.792. The second-order valence-corrected chi connectivity index (χ2v) is 5.44. The van der Waals surface area contributed by atoms with Crippen LogP contribution >= 0.6 is 0 Å². The normalized spacial score (nSPS) is 19.9. The lowest BCUT2D eigenvalue weighted by molar-refractivity contribution is -0.202. The Labute approximate surface area is 116 Å². The summed E-state index contributed by atoms with van der Waals surface area (Å²) in [6.45, 7) is 5.88. The molecule has 0 aliphatic heterocycles. The van der Waals surface area contributed by atoms with Gasteiger partial charge in [-0.25, -0.2) is 0 Å². The van der Waals surface area contributed by atoms with Crippen molar-refractivity contribution in [3.05, 3.63) is 42.0 Å². The molecule has 0 spiro atoms. The van der Waals surface area contributed by atoms with Crippen LogP contribution in [-0.4, -0.2) is 10.7 Å². The summed E-state index contributed by atoms with van der Waals surface area (Å²) in [5.74, 6) is 0. The van der Waals surface area contributed by atoms with Crippen LogP contribution in [0.3, 0.4) is 0 Å². The molecule has 2 rings (SSSR count). The van der Waals surface area contributed by atoms with Gasteiger partial charge in [0.05, 0.1) is 5.60 Å². The van der Waals surface area contributed by atoms with Crippen LogP contribution in [0.5, 0.6) is 0 Å². The molecule has 1 N–H and O–H groups in total. The number of hydrogen-bond acceptors (Lipinski definition) is 2. The molecule has 0 bridgehead atoms. The fourth-order valence-electron chi connectivity index (χ4n) is 2.85. The average Bonchev–Trinajstić information content (AvgIpc) is 2.48. The molecule has 1 aliphatic rings. The Morgan fingerprint density at radius 3 is 2.42 bits per heavy atom. The highest BCUT2D eigenvalue weighted by molar-refractivity contribution is 5.47. The van der Waals surface area contributed by atoms with Crippen LogP contribution in [0.2, 0.25) is 0 Å². The topological polar surface area (TPSA) is 29.5 Å². The van der Waals surface area contributed by atoms with Gasteiger partial charge in [0, 0.05) is 5.56 Å². The van der Waals surface area contributed by atoms with E-state index >= 15 is 0 Å². The molecule has 1 fully saturated rings. The molecule has 2 nitrogen and oxygen atoms in total. The van der Waals surface area contributed by atoms with Crippen molar-refractivity contribution in [1.29, 1.82) is 0 Å². The van der Waals surface area contributed by atoms with Crippen molar-refractivity contribution in [2.45, 2.75) is 57.3 Å². The predicted octanol–water partition coefficient (Wildman–Crippen LogP) is 4.45. The summed E-state index contributed by atoms with van der Waals surface area (Å²) in [5.41, 5.74) is 1.75. The van der Waals surface area contributed by atoms with Gasteiger partial charge in [-0.2, -0.15) is 0 Å². The maximum Gasteiger partial charge on any atom is 0.181 e. The summed E-state index contributed by atoms with van der Waals surface area (Å²) in [6, 6.07) is 7.73. The van der Waals surface area contributed by atoms with E-state index in [0.29, 0.717) is 0 Å². The minimum Gasteiger partial charge on any atom is -0.364 e. The summed E-state index contributed by atoms with van der Waals surface area (Å²) >= 11 is 0. The van der Waals surface area contributed by atoms with Gasteiger partial charge in [0.25, 0.3) is 0 Å². The molecule has 0 saturated heterocycles. The van der Waals surface area contributed by atoms with Gasteiger partial charge in [-0.05, 0) is 24.8 Å². The zero-order valence-electron chi connectivity index (χ0n) is 11.8. The maximum absolute atomic E-state index is 10.3. The van der Waals surface area contributed by atoms with E-state index in [2.05, 4.69) is 13.5 Å². The Balaban J connectivity index is 2.05. The van der Waals surface area contributed by atoms with Gasteiger partial charge < -0.3 is 9.84 Å². The monoisotopic (exact) mass is 260 g/mol. The van der Waals surface area contributed by atoms with Crippen LogP contribution in [0.25, 0.3) is 6.08 Å². The number of hydrogen-bond donors (Lipinski definition) is 1. The number of benzene rings is 1. The molecule has 0 heterocycles. The van der Waals surface area contributed by atoms with Gasteiger partial charge in [-0.1, -0.05) is 63.1 Å². The van der Waals surface area contributed by atoms with Crippen molar-refractivity contribution < 1.29 is 9.84 Å². The first-order valence-corrected chi connectivity index (χ1v) is 7.27. The van der Waals surface area contributed by atoms with Crippen LogP contribution in [-0.2, 0) is 4.74 Å². The lowest BCUT2D eigenvalue weighted by Gasteiger charge is -2.38. The molecule has 0 amide bonds. The van der Waals surface area contributed by atoms with Gasteiger partial charge in [-0.15, -0.1) is 0 Å². The highest BCUT2D eigenvalue weighted by Gasteiger charge is 2.33. The zero-order valence-corrected chi connectivity index (χ0v) is 11.8. The van der Waals surface area contributed by atoms with Gasteiger partial charge in [0.15, 0.2) is 6.29 Å². The second-order valence-electron chi connectivity index (χ2n) is 5.44. The smallest absolute Gasteiger partial charge is 0.181 e. The van der Waals surface area contributed by atoms with Crippen LogP contribution in [0.1, 0.15) is 62.9 Å². The van der Waals surface area contributed by atoms with Crippen LogP contribution < -0.4 is 0 Å². The van der Waals surface area contributed by atoms with Crippen LogP contribution in [0.4, 0.5) is 0 Å². The number of ether oxygens (including phenoxy) is 1. The Hall–Kier alpha value is -1.12. The second kappa shape index (κ2) is 6.36. The zero-order chi connectivity index (χ0) is 13.7. The fourth-order valence-corrected chi connectivity index (χ4v) is 2.85. The third kappa shape index (κ3) is 3.46. The molecule has 1 aromatic carbocycles. The Morgan fingerprint density at radius 1 is 1.26 bits per heavy atom. The van der Waals surface area contributed by atoms with Crippen LogP contribution in [0.15, 0.2) is 30.8 Å². The van der Waals surface area contributed by atoms with E-state index in [0.717, 1.165) is 30.4 Å². The largest absolute Gasteiger partial charge is 0.364 e. The first-order chi connectivity index (χ1) is 9.19. The first kappa shape index (κ1) is 14.3. The lowest BCUT2D eigenvalue weighted by atomic mass is 9.82. The van der Waals surface area contributed by atoms with E-state index in [4.69, 9.17) is 4.74 Å². The van der Waals surface area contributed by atoms with Crippen molar-refractivity contribution in [3.63, 3.8) is 0 Å². The third-order valence-electron chi connectivity index (χ3n) is 4.23. The molecule has 0 radical (unpaired) electrons. The van der Waals surface area contributed by atoms with Crippen molar-refractivity contribution in [1.82, 2.24) is 0 Å². The van der Waals surface area contributed by atoms with E-state index in [9.17, 15) is 5.11 Å². The van der Waals surface area contributed by atoms with Crippen LogP contribution in [0, 0.1) is 0 Å². The summed E-state index contributed by atoms with van der Waals surface area (Å²) in [6.07, 6.45) is 7.76. The third-order valence-corrected chi connectivity index (χ3v) is 4.23. The molecule has 1 aromatic rings. The Bertz CT molecular complexity index is 402.